The minimum atomic E-state index is -0.832. The van der Waals surface area contributed by atoms with Crippen LogP contribution in [0.15, 0.2) is 35.0 Å². The fourth-order valence-corrected chi connectivity index (χ4v) is 5.38. The molecule has 0 spiro atoms. The zero-order valence-electron chi connectivity index (χ0n) is 18.9. The normalized spacial score (nSPS) is 22.3. The first kappa shape index (κ1) is 22.6. The zero-order chi connectivity index (χ0) is 22.7. The van der Waals surface area contributed by atoms with Gasteiger partial charge in [0.15, 0.2) is 11.5 Å². The van der Waals surface area contributed by atoms with Crippen molar-refractivity contribution in [3.63, 3.8) is 0 Å². The molecule has 0 bridgehead atoms. The van der Waals surface area contributed by atoms with Crippen molar-refractivity contribution in [3.05, 3.63) is 46.2 Å². The molecule has 0 aliphatic carbocycles. The molecule has 0 radical (unpaired) electrons. The van der Waals surface area contributed by atoms with E-state index < -0.39 is 5.54 Å². The molecule has 7 nitrogen and oxygen atoms in total. The van der Waals surface area contributed by atoms with Gasteiger partial charge in [-0.25, -0.2) is 4.79 Å². The second kappa shape index (κ2) is 9.50. The van der Waals surface area contributed by atoms with Gasteiger partial charge in [0.2, 0.25) is 0 Å². The van der Waals surface area contributed by atoms with E-state index >= 15 is 0 Å². The summed E-state index contributed by atoms with van der Waals surface area (Å²) < 4.78 is 11.1. The van der Waals surface area contributed by atoms with Gasteiger partial charge in [0.25, 0.3) is 5.91 Å². The van der Waals surface area contributed by atoms with E-state index in [-0.39, 0.29) is 17.9 Å². The van der Waals surface area contributed by atoms with Crippen molar-refractivity contribution in [2.75, 3.05) is 26.8 Å². The Balaban J connectivity index is 1.37. The number of nitrogens with zero attached hydrogens (tertiary/aromatic N) is 2. The molecule has 0 unspecified atom stereocenters. The molecule has 3 amide bonds. The molecule has 2 aliphatic rings. The molecule has 32 heavy (non-hydrogen) atoms. The fourth-order valence-electron chi connectivity index (χ4n) is 4.72. The van der Waals surface area contributed by atoms with Crippen LogP contribution in [0.1, 0.15) is 37.8 Å². The largest absolute Gasteiger partial charge is 0.493 e. The lowest BCUT2D eigenvalue weighted by atomic mass is 9.79. The number of carbonyl (C=O) groups excluding carboxylic acids is 2. The summed E-state index contributed by atoms with van der Waals surface area (Å²) in [6.07, 6.45) is 1.73. The number of amides is 3. The highest BCUT2D eigenvalue weighted by atomic mass is 32.1. The van der Waals surface area contributed by atoms with Crippen LogP contribution in [0.2, 0.25) is 0 Å². The van der Waals surface area contributed by atoms with E-state index in [0.29, 0.717) is 13.2 Å². The van der Waals surface area contributed by atoms with E-state index in [4.69, 9.17) is 9.47 Å². The third-order valence-electron chi connectivity index (χ3n) is 6.56. The number of urea groups is 1. The summed E-state index contributed by atoms with van der Waals surface area (Å²) in [5.74, 6) is 1.52. The van der Waals surface area contributed by atoms with Crippen LogP contribution in [0.4, 0.5) is 4.79 Å². The summed E-state index contributed by atoms with van der Waals surface area (Å²) in [6, 6.07) is 7.72. The highest BCUT2D eigenvalue weighted by molar-refractivity contribution is 7.07. The fraction of sp³-hybridized carbons (Fsp3) is 0.500. The number of carbonyl (C=O) groups is 2. The molecular formula is C24H31N3O4S. The first-order valence-corrected chi connectivity index (χ1v) is 12.1. The maximum absolute atomic E-state index is 13.2. The number of hydrogen-bond acceptors (Lipinski definition) is 6. The number of methoxy groups -OCH3 is 1. The van der Waals surface area contributed by atoms with Gasteiger partial charge in [-0.3, -0.25) is 14.6 Å². The van der Waals surface area contributed by atoms with Crippen molar-refractivity contribution in [1.29, 1.82) is 0 Å². The van der Waals surface area contributed by atoms with Crippen LogP contribution in [0, 0.1) is 5.92 Å². The SMILES string of the molecule is CCOc1cc(CN2CCC([C@@]3(C)NC(=O)N(Cc4ccsc4)C3=O)CC2)ccc1OC. The number of nitrogens with one attached hydrogen (secondary N) is 1. The highest BCUT2D eigenvalue weighted by Crippen LogP contribution is 2.35. The zero-order valence-corrected chi connectivity index (χ0v) is 19.7. The van der Waals surface area contributed by atoms with E-state index in [1.807, 2.05) is 42.8 Å². The van der Waals surface area contributed by atoms with Gasteiger partial charge in [-0.05, 0) is 85.8 Å². The Hall–Kier alpha value is -2.58. The summed E-state index contributed by atoms with van der Waals surface area (Å²) in [7, 11) is 1.65. The van der Waals surface area contributed by atoms with E-state index in [0.717, 1.165) is 49.5 Å². The number of benzene rings is 1. The third-order valence-corrected chi connectivity index (χ3v) is 7.29. The van der Waals surface area contributed by atoms with Crippen LogP contribution in [-0.2, 0) is 17.9 Å². The van der Waals surface area contributed by atoms with Crippen molar-refractivity contribution in [1.82, 2.24) is 15.1 Å². The number of piperidine rings is 1. The molecule has 0 saturated carbocycles. The molecule has 2 aliphatic heterocycles. The van der Waals surface area contributed by atoms with Crippen LogP contribution in [0.3, 0.4) is 0 Å². The first-order valence-electron chi connectivity index (χ1n) is 11.1. The van der Waals surface area contributed by atoms with E-state index in [1.165, 1.54) is 10.5 Å². The Morgan fingerprint density at radius 1 is 1.12 bits per heavy atom. The van der Waals surface area contributed by atoms with E-state index in [9.17, 15) is 9.59 Å². The van der Waals surface area contributed by atoms with Gasteiger partial charge in [-0.15, -0.1) is 0 Å². The number of rotatable bonds is 8. The maximum Gasteiger partial charge on any atom is 0.325 e. The summed E-state index contributed by atoms with van der Waals surface area (Å²) in [5, 5.41) is 6.94. The first-order chi connectivity index (χ1) is 15.4. The lowest BCUT2D eigenvalue weighted by Gasteiger charge is -2.39. The van der Waals surface area contributed by atoms with Crippen LogP contribution in [0.5, 0.6) is 11.5 Å². The second-order valence-electron chi connectivity index (χ2n) is 8.62. The summed E-state index contributed by atoms with van der Waals surface area (Å²) >= 11 is 1.57. The predicted molar refractivity (Wildman–Crippen MR) is 124 cm³/mol. The lowest BCUT2D eigenvalue weighted by molar-refractivity contribution is -0.133. The molecule has 1 aromatic carbocycles. The van der Waals surface area contributed by atoms with E-state index in [1.54, 1.807) is 18.4 Å². The lowest BCUT2D eigenvalue weighted by Crippen LogP contribution is -2.53. The van der Waals surface area contributed by atoms with Gasteiger partial charge < -0.3 is 14.8 Å². The molecule has 2 fully saturated rings. The summed E-state index contributed by atoms with van der Waals surface area (Å²) in [4.78, 5) is 29.5. The Kier molecular flexibility index (Phi) is 6.71. The average molecular weight is 458 g/mol. The van der Waals surface area contributed by atoms with Crippen molar-refractivity contribution in [2.24, 2.45) is 5.92 Å². The molecule has 172 valence electrons. The van der Waals surface area contributed by atoms with Gasteiger partial charge >= 0.3 is 6.03 Å². The maximum atomic E-state index is 13.2. The molecule has 1 atom stereocenters. The number of imide groups is 1. The van der Waals surface area contributed by atoms with Crippen molar-refractivity contribution in [2.45, 2.75) is 45.3 Å². The highest BCUT2D eigenvalue weighted by Gasteiger charge is 2.52. The Bertz CT molecular complexity index is 956. The minimum absolute atomic E-state index is 0.108. The van der Waals surface area contributed by atoms with Gasteiger partial charge in [0.1, 0.15) is 5.54 Å². The molecular weight excluding hydrogens is 426 g/mol. The Morgan fingerprint density at radius 2 is 1.91 bits per heavy atom. The van der Waals surface area contributed by atoms with Crippen LogP contribution in [0.25, 0.3) is 0 Å². The quantitative estimate of drug-likeness (QED) is 0.609. The summed E-state index contributed by atoms with van der Waals surface area (Å²) in [6.45, 7) is 7.35. The van der Waals surface area contributed by atoms with Crippen LogP contribution < -0.4 is 14.8 Å². The number of hydrogen-bond donors (Lipinski definition) is 1. The van der Waals surface area contributed by atoms with Gasteiger partial charge in [-0.2, -0.15) is 11.3 Å². The number of ether oxygens (including phenoxy) is 2. The molecule has 2 aromatic rings. The monoisotopic (exact) mass is 457 g/mol. The molecule has 1 aromatic heterocycles. The van der Waals surface area contributed by atoms with Gasteiger partial charge in [0, 0.05) is 6.54 Å². The third kappa shape index (κ3) is 4.47. The van der Waals surface area contributed by atoms with E-state index in [2.05, 4.69) is 16.3 Å². The molecule has 8 heteroatoms. The molecule has 3 heterocycles. The molecule has 2 saturated heterocycles. The molecule has 4 rings (SSSR count). The van der Waals surface area contributed by atoms with Crippen LogP contribution in [-0.4, -0.2) is 54.1 Å². The van der Waals surface area contributed by atoms with Gasteiger partial charge in [0.05, 0.1) is 20.3 Å². The summed E-state index contributed by atoms with van der Waals surface area (Å²) in [5.41, 5.74) is 1.33. The standard InChI is InChI=1S/C24H31N3O4S/c1-4-31-21-13-17(5-6-20(21)30-3)14-26-10-7-19(8-11-26)24(2)22(28)27(23(29)25-24)15-18-9-12-32-16-18/h5-6,9,12-13,16,19H,4,7-8,10-11,14-15H2,1-3H3,(H,25,29)/t24-/m1/s1. The smallest absolute Gasteiger partial charge is 0.325 e. The average Bonchev–Trinajstić information content (AvgIpc) is 3.38. The topological polar surface area (TPSA) is 71.1 Å². The van der Waals surface area contributed by atoms with Crippen molar-refractivity contribution in [3.8, 4) is 11.5 Å². The number of thiophene rings is 1. The minimum Gasteiger partial charge on any atom is -0.493 e. The Labute approximate surface area is 193 Å². The predicted octanol–water partition coefficient (Wildman–Crippen LogP) is 3.88. The van der Waals surface area contributed by atoms with Crippen molar-refractivity contribution < 1.29 is 19.1 Å². The van der Waals surface area contributed by atoms with Crippen molar-refractivity contribution >= 4 is 23.3 Å². The van der Waals surface area contributed by atoms with Crippen LogP contribution >= 0.6 is 11.3 Å². The number of likely N-dealkylation sites (tertiary alicyclic amines) is 1. The Morgan fingerprint density at radius 3 is 2.56 bits per heavy atom. The van der Waals surface area contributed by atoms with Gasteiger partial charge in [-0.1, -0.05) is 6.07 Å². The molecule has 1 N–H and O–H groups in total. The second-order valence-corrected chi connectivity index (χ2v) is 9.40.